The fraction of sp³-hybridized carbons (Fsp3) is 0.346. The van der Waals surface area contributed by atoms with E-state index in [-0.39, 0.29) is 11.9 Å². The summed E-state index contributed by atoms with van der Waals surface area (Å²) in [6.07, 6.45) is 1.95. The second kappa shape index (κ2) is 9.07. The highest BCUT2D eigenvalue weighted by Gasteiger charge is 2.26. The zero-order chi connectivity index (χ0) is 23.9. The number of fused-ring (bicyclic) bond motifs is 1. The van der Waals surface area contributed by atoms with Gasteiger partial charge in [0.15, 0.2) is 5.82 Å². The fourth-order valence-electron chi connectivity index (χ4n) is 4.72. The van der Waals surface area contributed by atoms with Crippen LogP contribution in [0.4, 0.5) is 5.69 Å². The molecule has 1 N–H and O–H groups in total. The van der Waals surface area contributed by atoms with Gasteiger partial charge in [0.05, 0.1) is 45.7 Å². The van der Waals surface area contributed by atoms with Crippen molar-refractivity contribution in [3.63, 3.8) is 0 Å². The van der Waals surface area contributed by atoms with Crippen molar-refractivity contribution in [2.45, 2.75) is 13.0 Å². The number of aryl methyl sites for hydroxylation is 1. The minimum Gasteiger partial charge on any atom is -0.378 e. The highest BCUT2D eigenvalue weighted by atomic mass is 32.1. The van der Waals surface area contributed by atoms with Crippen molar-refractivity contribution < 1.29 is 9.53 Å². The second-order valence-electron chi connectivity index (χ2n) is 9.33. The lowest BCUT2D eigenvalue weighted by molar-refractivity contribution is 0.0862. The molecule has 9 heteroatoms. The van der Waals surface area contributed by atoms with Crippen LogP contribution in [0.1, 0.15) is 15.2 Å². The van der Waals surface area contributed by atoms with E-state index < -0.39 is 0 Å². The van der Waals surface area contributed by atoms with Gasteiger partial charge in [-0.15, -0.1) is 11.3 Å². The molecule has 0 aliphatic carbocycles. The van der Waals surface area contributed by atoms with E-state index >= 15 is 0 Å². The van der Waals surface area contributed by atoms with Gasteiger partial charge in [-0.2, -0.15) is 5.10 Å². The van der Waals surface area contributed by atoms with Gasteiger partial charge in [0.1, 0.15) is 0 Å². The lowest BCUT2D eigenvalue weighted by atomic mass is 10.1. The molecule has 35 heavy (non-hydrogen) atoms. The molecule has 0 spiro atoms. The summed E-state index contributed by atoms with van der Waals surface area (Å²) in [7, 11) is 2.06. The summed E-state index contributed by atoms with van der Waals surface area (Å²) in [5, 5.41) is 7.97. The van der Waals surface area contributed by atoms with Crippen molar-refractivity contribution in [3.8, 4) is 17.1 Å². The summed E-state index contributed by atoms with van der Waals surface area (Å²) in [6, 6.07) is 14.5. The maximum Gasteiger partial charge on any atom is 0.261 e. The Bertz CT molecular complexity index is 1380. The maximum atomic E-state index is 13.0. The lowest BCUT2D eigenvalue weighted by Gasteiger charge is -2.36. The average molecular weight is 489 g/mol. The first kappa shape index (κ1) is 22.2. The van der Waals surface area contributed by atoms with Crippen LogP contribution in [0.15, 0.2) is 48.7 Å². The number of aromatic nitrogens is 3. The van der Waals surface area contributed by atoms with E-state index in [2.05, 4.69) is 53.4 Å². The van der Waals surface area contributed by atoms with Gasteiger partial charge < -0.3 is 19.9 Å². The predicted octanol–water partition coefficient (Wildman–Crippen LogP) is 3.34. The number of amides is 1. The van der Waals surface area contributed by atoms with Crippen LogP contribution in [-0.2, 0) is 4.74 Å². The first-order chi connectivity index (χ1) is 17.0. The third kappa shape index (κ3) is 4.42. The minimum absolute atomic E-state index is 0.0265. The van der Waals surface area contributed by atoms with Gasteiger partial charge >= 0.3 is 0 Å². The van der Waals surface area contributed by atoms with Gasteiger partial charge in [0.2, 0.25) is 0 Å². The van der Waals surface area contributed by atoms with Crippen molar-refractivity contribution in [2.75, 3.05) is 51.3 Å². The molecule has 0 bridgehead atoms. The molecule has 6 rings (SSSR count). The number of anilines is 1. The Morgan fingerprint density at radius 2 is 1.97 bits per heavy atom. The number of likely N-dealkylation sites (tertiary alicyclic amines) is 1. The zero-order valence-electron chi connectivity index (χ0n) is 19.9. The van der Waals surface area contributed by atoms with Gasteiger partial charge in [-0.25, -0.2) is 9.67 Å². The molecule has 4 aromatic rings. The number of pyridine rings is 1. The topological polar surface area (TPSA) is 75.5 Å². The lowest BCUT2D eigenvalue weighted by Crippen LogP contribution is -2.57. The van der Waals surface area contributed by atoms with Crippen LogP contribution in [0.25, 0.3) is 27.3 Å². The highest BCUT2D eigenvalue weighted by molar-refractivity contribution is 7.21. The number of rotatable bonds is 5. The number of likely N-dealkylation sites (N-methyl/N-ethyl adjacent to an activating group) is 1. The minimum atomic E-state index is -0.0265. The molecular weight excluding hydrogens is 460 g/mol. The molecule has 0 radical (unpaired) electrons. The van der Waals surface area contributed by atoms with Crippen LogP contribution in [0.2, 0.25) is 0 Å². The largest absolute Gasteiger partial charge is 0.378 e. The van der Waals surface area contributed by atoms with Crippen molar-refractivity contribution in [3.05, 3.63) is 59.1 Å². The molecule has 1 aromatic carbocycles. The Balaban J connectivity index is 1.38. The van der Waals surface area contributed by atoms with Gasteiger partial charge in [-0.1, -0.05) is 23.8 Å². The van der Waals surface area contributed by atoms with Gasteiger partial charge in [-0.3, -0.25) is 4.79 Å². The molecule has 2 aliphatic rings. The quantitative estimate of drug-likeness (QED) is 0.465. The average Bonchev–Trinajstić information content (AvgIpc) is 3.51. The molecule has 1 amide bonds. The first-order valence-electron chi connectivity index (χ1n) is 11.9. The molecule has 0 atom stereocenters. The fourth-order valence-corrected chi connectivity index (χ4v) is 5.76. The molecule has 2 saturated heterocycles. The Kier molecular flexibility index (Phi) is 5.75. The Morgan fingerprint density at radius 1 is 1.14 bits per heavy atom. The van der Waals surface area contributed by atoms with E-state index in [1.165, 1.54) is 16.9 Å². The zero-order valence-corrected chi connectivity index (χ0v) is 20.7. The smallest absolute Gasteiger partial charge is 0.261 e. The molecule has 8 nitrogen and oxygen atoms in total. The number of ether oxygens (including phenoxy) is 1. The summed E-state index contributed by atoms with van der Waals surface area (Å²) in [5.74, 6) is 0.713. The van der Waals surface area contributed by atoms with E-state index in [9.17, 15) is 4.79 Å². The number of hydrogen-bond donors (Lipinski definition) is 1. The van der Waals surface area contributed by atoms with E-state index in [1.54, 1.807) is 0 Å². The summed E-state index contributed by atoms with van der Waals surface area (Å²) in [5.41, 5.74) is 5.07. The van der Waals surface area contributed by atoms with Crippen molar-refractivity contribution in [2.24, 2.45) is 0 Å². The number of hydrogen-bond acceptors (Lipinski definition) is 7. The highest BCUT2D eigenvalue weighted by Crippen LogP contribution is 2.35. The van der Waals surface area contributed by atoms with E-state index in [1.807, 2.05) is 29.1 Å². The van der Waals surface area contributed by atoms with Crippen LogP contribution in [0, 0.1) is 6.92 Å². The van der Waals surface area contributed by atoms with Crippen molar-refractivity contribution >= 4 is 33.1 Å². The van der Waals surface area contributed by atoms with E-state index in [0.29, 0.717) is 18.1 Å². The SMILES string of the molecule is Cc1cccc(-c2ccn(-c3cc(N4CCOCC4)c4sc(C(=O)NC5CN(C)C5)cc4n3)n2)c1. The number of morpholine rings is 1. The van der Waals surface area contributed by atoms with Crippen LogP contribution in [-0.4, -0.2) is 78.1 Å². The summed E-state index contributed by atoms with van der Waals surface area (Å²) >= 11 is 1.51. The Hall–Kier alpha value is -3.27. The van der Waals surface area contributed by atoms with Gasteiger partial charge in [0, 0.05) is 44.0 Å². The first-order valence-corrected chi connectivity index (χ1v) is 12.7. The van der Waals surface area contributed by atoms with E-state index in [4.69, 9.17) is 14.8 Å². The van der Waals surface area contributed by atoms with Crippen LogP contribution in [0.5, 0.6) is 0 Å². The molecule has 2 aliphatic heterocycles. The van der Waals surface area contributed by atoms with Crippen LogP contribution < -0.4 is 10.2 Å². The number of thiophene rings is 1. The monoisotopic (exact) mass is 488 g/mol. The maximum absolute atomic E-state index is 13.0. The third-order valence-corrected chi connectivity index (χ3v) is 7.70. The molecule has 5 heterocycles. The predicted molar refractivity (Wildman–Crippen MR) is 139 cm³/mol. The standard InChI is InChI=1S/C26H28N6O2S/c1-17-4-3-5-18(12-17)20-6-7-32(29-20)24-14-22(31-8-10-34-11-9-31)25-21(28-24)13-23(35-25)26(33)27-19-15-30(2)16-19/h3-7,12-14,19H,8-11,15-16H2,1-2H3,(H,27,33). The summed E-state index contributed by atoms with van der Waals surface area (Å²) < 4.78 is 8.43. The number of benzene rings is 1. The Morgan fingerprint density at radius 3 is 2.74 bits per heavy atom. The van der Waals surface area contributed by atoms with Crippen LogP contribution in [0.3, 0.4) is 0 Å². The summed E-state index contributed by atoms with van der Waals surface area (Å²) in [6.45, 7) is 6.85. The molecule has 0 saturated carbocycles. The second-order valence-corrected chi connectivity index (χ2v) is 10.4. The number of nitrogens with one attached hydrogen (secondary N) is 1. The Labute approximate surface area is 208 Å². The number of carbonyl (C=O) groups is 1. The van der Waals surface area contributed by atoms with Crippen molar-refractivity contribution in [1.29, 1.82) is 0 Å². The molecule has 0 unspecified atom stereocenters. The summed E-state index contributed by atoms with van der Waals surface area (Å²) in [4.78, 5) is 23.1. The molecule has 180 valence electrons. The molecule has 2 fully saturated rings. The third-order valence-electron chi connectivity index (χ3n) is 6.56. The van der Waals surface area contributed by atoms with Crippen LogP contribution >= 0.6 is 11.3 Å². The van der Waals surface area contributed by atoms with Gasteiger partial charge in [0.25, 0.3) is 5.91 Å². The van der Waals surface area contributed by atoms with E-state index in [0.717, 1.165) is 59.2 Å². The number of carbonyl (C=O) groups excluding carboxylic acids is 1. The van der Waals surface area contributed by atoms with Gasteiger partial charge in [-0.05, 0) is 32.2 Å². The molecular formula is C26H28N6O2S. The normalized spacial score (nSPS) is 17.0. The number of nitrogens with zero attached hydrogens (tertiary/aromatic N) is 5. The van der Waals surface area contributed by atoms with Crippen molar-refractivity contribution in [1.82, 2.24) is 25.0 Å². The molecule has 3 aromatic heterocycles.